The molecule has 0 aliphatic rings. The number of primary sulfonamides is 2. The smallest absolute Gasteiger partial charge is 0.209 e. The van der Waals surface area contributed by atoms with Gasteiger partial charge < -0.3 is 9.05 Å². The quantitative estimate of drug-likeness (QED) is 0.300. The van der Waals surface area contributed by atoms with E-state index in [4.69, 9.17) is 19.3 Å². The predicted molar refractivity (Wildman–Crippen MR) is 139 cm³/mol. The Bertz CT molecular complexity index is 1110. The second-order valence-electron chi connectivity index (χ2n) is 11.3. The molecule has 2 heterocycles. The Morgan fingerprint density at radius 2 is 1.39 bits per heavy atom. The molecule has 2 aromatic rings. The summed E-state index contributed by atoms with van der Waals surface area (Å²) in [6.45, 7) is 8.65. The average Bonchev–Trinajstić information content (AvgIpc) is 3.41. The summed E-state index contributed by atoms with van der Waals surface area (Å²) in [5.41, 5.74) is 1.69. The Hall–Kier alpha value is -1.76. The van der Waals surface area contributed by atoms with Crippen molar-refractivity contribution in [3.8, 4) is 0 Å². The molecule has 0 radical (unpaired) electrons. The minimum absolute atomic E-state index is 0.0345. The number of hydrogen-bond donors (Lipinski definition) is 2. The first-order chi connectivity index (χ1) is 16.6. The molecule has 2 unspecified atom stereocenters. The van der Waals surface area contributed by atoms with Crippen LogP contribution in [0.2, 0.25) is 0 Å². The van der Waals surface area contributed by atoms with Crippen molar-refractivity contribution >= 4 is 20.0 Å². The fourth-order valence-corrected chi connectivity index (χ4v) is 6.42. The van der Waals surface area contributed by atoms with Gasteiger partial charge in [0.1, 0.15) is 12.5 Å². The maximum Gasteiger partial charge on any atom is 0.209 e. The first kappa shape index (κ1) is 30.5. The van der Waals surface area contributed by atoms with Crippen molar-refractivity contribution in [2.75, 3.05) is 11.5 Å². The predicted octanol–water partition coefficient (Wildman–Crippen LogP) is 3.97. The van der Waals surface area contributed by atoms with E-state index in [0.717, 1.165) is 43.2 Å². The van der Waals surface area contributed by atoms with Crippen LogP contribution in [0.25, 0.3) is 0 Å². The first-order valence-electron chi connectivity index (χ1n) is 12.4. The van der Waals surface area contributed by atoms with Gasteiger partial charge in [0.25, 0.3) is 0 Å². The van der Waals surface area contributed by atoms with Gasteiger partial charge in [-0.05, 0) is 67.6 Å². The van der Waals surface area contributed by atoms with E-state index >= 15 is 0 Å². The monoisotopic (exact) mass is 546 g/mol. The van der Waals surface area contributed by atoms with E-state index in [0.29, 0.717) is 19.3 Å². The number of nitrogens with zero attached hydrogens (tertiary/aromatic N) is 2. The van der Waals surface area contributed by atoms with E-state index in [1.54, 1.807) is 24.9 Å². The number of rotatable bonds is 17. The first-order valence-corrected chi connectivity index (χ1v) is 15.8. The molecule has 0 saturated carbocycles. The van der Waals surface area contributed by atoms with Crippen molar-refractivity contribution in [2.24, 2.45) is 27.0 Å². The van der Waals surface area contributed by atoms with Gasteiger partial charge in [-0.2, -0.15) is 0 Å². The maximum absolute atomic E-state index is 11.5. The highest BCUT2D eigenvalue weighted by atomic mass is 32.2. The van der Waals surface area contributed by atoms with E-state index in [2.05, 4.69) is 38.0 Å². The second kappa shape index (κ2) is 12.7. The van der Waals surface area contributed by atoms with Gasteiger partial charge in [-0.1, -0.05) is 44.4 Å². The van der Waals surface area contributed by atoms with Crippen LogP contribution in [0.15, 0.2) is 34.0 Å². The molecule has 0 aromatic carbocycles. The summed E-state index contributed by atoms with van der Waals surface area (Å²) in [5, 5.41) is 18.1. The summed E-state index contributed by atoms with van der Waals surface area (Å²) in [5.74, 6) is 0.293. The van der Waals surface area contributed by atoms with Crippen LogP contribution >= 0.6 is 0 Å². The molecule has 2 aromatic heterocycles. The molecule has 0 fully saturated rings. The van der Waals surface area contributed by atoms with Gasteiger partial charge >= 0.3 is 0 Å². The lowest BCUT2D eigenvalue weighted by Gasteiger charge is -2.37. The number of nitrogens with two attached hydrogens (primary N) is 2. The Morgan fingerprint density at radius 3 is 1.94 bits per heavy atom. The largest absolute Gasteiger partial charge is 0.364 e. The molecule has 0 spiro atoms. The molecule has 10 nitrogen and oxygen atoms in total. The minimum Gasteiger partial charge on any atom is -0.364 e. The fourth-order valence-electron chi connectivity index (χ4n) is 5.31. The van der Waals surface area contributed by atoms with Crippen LogP contribution in [0, 0.1) is 16.7 Å². The van der Waals surface area contributed by atoms with Crippen LogP contribution in [0.4, 0.5) is 0 Å². The Labute approximate surface area is 215 Å². The number of aromatic nitrogens is 2. The summed E-state index contributed by atoms with van der Waals surface area (Å²) in [4.78, 5) is 0. The summed E-state index contributed by atoms with van der Waals surface area (Å²) in [6.07, 6.45) is 12.6. The fraction of sp³-hybridized carbons (Fsp3) is 0.750. The van der Waals surface area contributed by atoms with Crippen LogP contribution in [0.3, 0.4) is 0 Å². The lowest BCUT2D eigenvalue weighted by molar-refractivity contribution is 0.171. The van der Waals surface area contributed by atoms with Gasteiger partial charge in [-0.25, -0.2) is 27.1 Å². The zero-order chi connectivity index (χ0) is 27.0. The molecular formula is C24H42N4O6S2. The normalized spacial score (nSPS) is 15.2. The zero-order valence-electron chi connectivity index (χ0n) is 21.9. The molecule has 12 heteroatoms. The van der Waals surface area contributed by atoms with Crippen molar-refractivity contribution in [3.05, 3.63) is 36.0 Å². The third-order valence-electron chi connectivity index (χ3n) is 7.32. The summed E-state index contributed by atoms with van der Waals surface area (Å²) < 4.78 is 56.0. The molecule has 0 saturated heterocycles. The highest BCUT2D eigenvalue weighted by molar-refractivity contribution is 7.89. The van der Waals surface area contributed by atoms with Crippen molar-refractivity contribution in [1.29, 1.82) is 0 Å². The minimum atomic E-state index is -3.51. The van der Waals surface area contributed by atoms with E-state index in [1.165, 1.54) is 0 Å². The number of hydrogen-bond acceptors (Lipinski definition) is 8. The second-order valence-corrected chi connectivity index (χ2v) is 14.8. The van der Waals surface area contributed by atoms with Crippen LogP contribution in [0.5, 0.6) is 0 Å². The van der Waals surface area contributed by atoms with Crippen molar-refractivity contribution in [2.45, 2.75) is 85.0 Å². The van der Waals surface area contributed by atoms with Crippen molar-refractivity contribution < 1.29 is 25.9 Å². The standard InChI is InChI=1S/C24H42N4O6S2/c1-23(2,11-7-13-36(26,31)32)22(20-16-28-34-18-20)10-5-8-21(9-6-12-35(25,29)30)24(3,4)14-19-15-27-33-17-19/h15-18,21-22H,5-14H2,1-4H3,(H2,25,29,30)(H2,26,31,32). The van der Waals surface area contributed by atoms with Crippen molar-refractivity contribution in [1.82, 2.24) is 10.3 Å². The summed E-state index contributed by atoms with van der Waals surface area (Å²) in [7, 11) is -7.02. The maximum atomic E-state index is 11.5. The van der Waals surface area contributed by atoms with Crippen LogP contribution in [0.1, 0.15) is 89.7 Å². The Kier molecular flexibility index (Phi) is 10.7. The average molecular weight is 547 g/mol. The molecule has 206 valence electrons. The highest BCUT2D eigenvalue weighted by Crippen LogP contribution is 2.44. The zero-order valence-corrected chi connectivity index (χ0v) is 23.5. The van der Waals surface area contributed by atoms with E-state index in [-0.39, 0.29) is 34.2 Å². The third kappa shape index (κ3) is 10.7. The van der Waals surface area contributed by atoms with E-state index in [9.17, 15) is 16.8 Å². The molecule has 0 amide bonds. The van der Waals surface area contributed by atoms with Gasteiger partial charge in [0.2, 0.25) is 20.0 Å². The molecule has 2 atom stereocenters. The molecular weight excluding hydrogens is 504 g/mol. The van der Waals surface area contributed by atoms with E-state index in [1.807, 2.05) is 0 Å². The SMILES string of the molecule is CC(C)(Cc1cnoc1)C(CCCC(c1cnoc1)C(C)(C)CCCS(N)(=O)=O)CCCS(N)(=O)=O. The van der Waals surface area contributed by atoms with Gasteiger partial charge in [0, 0.05) is 11.1 Å². The molecule has 2 rings (SSSR count). The van der Waals surface area contributed by atoms with Gasteiger partial charge in [-0.15, -0.1) is 0 Å². The number of sulfonamides is 2. The summed E-state index contributed by atoms with van der Waals surface area (Å²) in [6, 6.07) is 0. The molecule has 4 N–H and O–H groups in total. The summed E-state index contributed by atoms with van der Waals surface area (Å²) >= 11 is 0. The molecule has 36 heavy (non-hydrogen) atoms. The lowest BCUT2D eigenvalue weighted by Crippen LogP contribution is -2.28. The molecule has 0 bridgehead atoms. The third-order valence-corrected chi connectivity index (χ3v) is 9.04. The molecule has 0 aliphatic heterocycles. The van der Waals surface area contributed by atoms with Crippen molar-refractivity contribution in [3.63, 3.8) is 0 Å². The van der Waals surface area contributed by atoms with Gasteiger partial charge in [-0.3, -0.25) is 0 Å². The van der Waals surface area contributed by atoms with Gasteiger partial charge in [0.15, 0.2) is 0 Å². The van der Waals surface area contributed by atoms with E-state index < -0.39 is 20.0 Å². The molecule has 0 aliphatic carbocycles. The Balaban J connectivity index is 2.11. The van der Waals surface area contributed by atoms with Gasteiger partial charge in [0.05, 0.1) is 23.9 Å². The van der Waals surface area contributed by atoms with Crippen LogP contribution in [-0.2, 0) is 26.5 Å². The highest BCUT2D eigenvalue weighted by Gasteiger charge is 2.34. The topological polar surface area (TPSA) is 172 Å². The van der Waals surface area contributed by atoms with Crippen LogP contribution < -0.4 is 10.3 Å². The Morgan fingerprint density at radius 1 is 0.806 bits per heavy atom. The lowest BCUT2D eigenvalue weighted by atomic mass is 9.68. The van der Waals surface area contributed by atoms with Crippen LogP contribution in [-0.4, -0.2) is 38.7 Å².